The molecule has 1 nitrogen and oxygen atoms in total. The van der Waals surface area contributed by atoms with E-state index in [-0.39, 0.29) is 0 Å². The van der Waals surface area contributed by atoms with Crippen LogP contribution in [0.25, 0.3) is 0 Å². The lowest BCUT2D eigenvalue weighted by Gasteiger charge is -2.18. The highest BCUT2D eigenvalue weighted by atomic mass is 127. The molecule has 0 radical (unpaired) electrons. The molecule has 1 unspecified atom stereocenters. The molecule has 0 aromatic heterocycles. The summed E-state index contributed by atoms with van der Waals surface area (Å²) in [6.45, 7) is 7.07. The number of rotatable bonds is 6. The molecule has 82 valence electrons. The number of benzene rings is 1. The van der Waals surface area contributed by atoms with Gasteiger partial charge in [0.25, 0.3) is 0 Å². The molecule has 0 aliphatic heterocycles. The highest BCUT2D eigenvalue weighted by Crippen LogP contribution is 2.22. The number of nitrogens with one attached hydrogen (secondary N) is 1. The van der Waals surface area contributed by atoms with Gasteiger partial charge in [-0.1, -0.05) is 31.2 Å². The van der Waals surface area contributed by atoms with Crippen LogP contribution >= 0.6 is 22.6 Å². The zero-order valence-corrected chi connectivity index (χ0v) is 11.3. The topological polar surface area (TPSA) is 12.0 Å². The molecular formula is C13H18IN. The summed E-state index contributed by atoms with van der Waals surface area (Å²) < 4.78 is 1.32. The van der Waals surface area contributed by atoms with Crippen molar-refractivity contribution in [3.8, 4) is 0 Å². The van der Waals surface area contributed by atoms with Crippen molar-refractivity contribution in [2.24, 2.45) is 0 Å². The van der Waals surface area contributed by atoms with E-state index in [1.807, 2.05) is 6.08 Å². The van der Waals surface area contributed by atoms with Crippen molar-refractivity contribution in [3.63, 3.8) is 0 Å². The van der Waals surface area contributed by atoms with Gasteiger partial charge >= 0.3 is 0 Å². The fraction of sp³-hybridized carbons (Fsp3) is 0.385. The first kappa shape index (κ1) is 12.7. The Kier molecular flexibility index (Phi) is 5.95. The van der Waals surface area contributed by atoms with Gasteiger partial charge in [0.15, 0.2) is 0 Å². The standard InChI is InChI=1S/C13H18IN/c1-3-7-13(15-10-4-2)11-8-5-6-9-12(11)14/h3,5-6,8-9,13,15H,1,4,7,10H2,2H3. The average Bonchev–Trinajstić information content (AvgIpc) is 2.25. The predicted octanol–water partition coefficient (Wildman–Crippen LogP) is 3.91. The van der Waals surface area contributed by atoms with Crippen LogP contribution in [0.4, 0.5) is 0 Å². The molecule has 0 heterocycles. The number of hydrogen-bond donors (Lipinski definition) is 1. The van der Waals surface area contributed by atoms with Crippen LogP contribution in [0.15, 0.2) is 36.9 Å². The molecule has 0 aliphatic carbocycles. The summed E-state index contributed by atoms with van der Waals surface area (Å²) in [5.74, 6) is 0. The molecule has 1 aromatic rings. The predicted molar refractivity (Wildman–Crippen MR) is 75.0 cm³/mol. The Hall–Kier alpha value is -0.350. The zero-order valence-electron chi connectivity index (χ0n) is 9.17. The van der Waals surface area contributed by atoms with Gasteiger partial charge in [-0.3, -0.25) is 0 Å². The fourth-order valence-corrected chi connectivity index (χ4v) is 2.33. The molecule has 0 aliphatic rings. The van der Waals surface area contributed by atoms with Gasteiger partial charge in [-0.05, 0) is 53.6 Å². The Labute approximate surface area is 106 Å². The Balaban J connectivity index is 2.78. The second-order valence-electron chi connectivity index (χ2n) is 3.55. The Morgan fingerprint density at radius 1 is 1.47 bits per heavy atom. The molecule has 0 amide bonds. The summed E-state index contributed by atoms with van der Waals surface area (Å²) in [5.41, 5.74) is 1.38. The third-order valence-electron chi connectivity index (χ3n) is 2.32. The van der Waals surface area contributed by atoms with Crippen molar-refractivity contribution in [2.45, 2.75) is 25.8 Å². The second kappa shape index (κ2) is 7.01. The lowest BCUT2D eigenvalue weighted by molar-refractivity contribution is 0.535. The molecule has 0 fully saturated rings. The van der Waals surface area contributed by atoms with E-state index in [0.717, 1.165) is 19.4 Å². The van der Waals surface area contributed by atoms with Crippen LogP contribution in [0.3, 0.4) is 0 Å². The maximum atomic E-state index is 3.82. The van der Waals surface area contributed by atoms with Crippen LogP contribution in [0.2, 0.25) is 0 Å². The first-order chi connectivity index (χ1) is 7.29. The minimum absolute atomic E-state index is 0.413. The minimum Gasteiger partial charge on any atom is -0.310 e. The van der Waals surface area contributed by atoms with E-state index in [9.17, 15) is 0 Å². The molecule has 0 saturated heterocycles. The number of halogens is 1. The number of hydrogen-bond acceptors (Lipinski definition) is 1. The van der Waals surface area contributed by atoms with Crippen molar-refractivity contribution in [2.75, 3.05) is 6.54 Å². The summed E-state index contributed by atoms with van der Waals surface area (Å²) in [6.07, 6.45) is 4.13. The summed E-state index contributed by atoms with van der Waals surface area (Å²) in [6, 6.07) is 8.94. The van der Waals surface area contributed by atoms with Gasteiger partial charge < -0.3 is 5.32 Å². The largest absolute Gasteiger partial charge is 0.310 e. The molecule has 1 atom stereocenters. The molecule has 0 saturated carbocycles. The third-order valence-corrected chi connectivity index (χ3v) is 3.31. The SMILES string of the molecule is C=CCC(NCCC)c1ccccc1I. The maximum Gasteiger partial charge on any atom is 0.0365 e. The monoisotopic (exact) mass is 315 g/mol. The average molecular weight is 315 g/mol. The van der Waals surface area contributed by atoms with Gasteiger partial charge in [-0.2, -0.15) is 0 Å². The highest BCUT2D eigenvalue weighted by Gasteiger charge is 2.10. The summed E-state index contributed by atoms with van der Waals surface area (Å²) in [5, 5.41) is 3.55. The van der Waals surface area contributed by atoms with E-state index in [1.54, 1.807) is 0 Å². The van der Waals surface area contributed by atoms with Crippen LogP contribution in [-0.4, -0.2) is 6.54 Å². The second-order valence-corrected chi connectivity index (χ2v) is 4.71. The fourth-order valence-electron chi connectivity index (χ4n) is 1.56. The van der Waals surface area contributed by atoms with Crippen molar-refractivity contribution in [3.05, 3.63) is 46.1 Å². The van der Waals surface area contributed by atoms with Gasteiger partial charge in [0.05, 0.1) is 0 Å². The van der Waals surface area contributed by atoms with Gasteiger partial charge in [-0.15, -0.1) is 6.58 Å². The first-order valence-electron chi connectivity index (χ1n) is 5.38. The molecule has 1 rings (SSSR count). The highest BCUT2D eigenvalue weighted by molar-refractivity contribution is 14.1. The van der Waals surface area contributed by atoms with Crippen LogP contribution in [0.1, 0.15) is 31.4 Å². The van der Waals surface area contributed by atoms with Crippen molar-refractivity contribution in [1.29, 1.82) is 0 Å². The van der Waals surface area contributed by atoms with Crippen LogP contribution < -0.4 is 5.32 Å². The normalized spacial score (nSPS) is 12.4. The molecule has 15 heavy (non-hydrogen) atoms. The van der Waals surface area contributed by atoms with E-state index in [0.29, 0.717) is 6.04 Å². The van der Waals surface area contributed by atoms with Crippen LogP contribution in [0, 0.1) is 3.57 Å². The minimum atomic E-state index is 0.413. The maximum absolute atomic E-state index is 3.82. The van der Waals surface area contributed by atoms with E-state index in [4.69, 9.17) is 0 Å². The Morgan fingerprint density at radius 2 is 2.20 bits per heavy atom. The van der Waals surface area contributed by atoms with E-state index < -0.39 is 0 Å². The van der Waals surface area contributed by atoms with Gasteiger partial charge in [0.2, 0.25) is 0 Å². The molecule has 1 aromatic carbocycles. The van der Waals surface area contributed by atoms with E-state index >= 15 is 0 Å². The van der Waals surface area contributed by atoms with Crippen molar-refractivity contribution < 1.29 is 0 Å². The van der Waals surface area contributed by atoms with Crippen molar-refractivity contribution >= 4 is 22.6 Å². The lowest BCUT2D eigenvalue weighted by Crippen LogP contribution is -2.22. The van der Waals surface area contributed by atoms with Gasteiger partial charge in [0.1, 0.15) is 0 Å². The summed E-state index contributed by atoms with van der Waals surface area (Å²) in [7, 11) is 0. The van der Waals surface area contributed by atoms with Gasteiger partial charge in [0, 0.05) is 9.61 Å². The Bertz CT molecular complexity index is 309. The van der Waals surface area contributed by atoms with Crippen LogP contribution in [0.5, 0.6) is 0 Å². The van der Waals surface area contributed by atoms with E-state index in [2.05, 4.69) is 65.7 Å². The van der Waals surface area contributed by atoms with Crippen LogP contribution in [-0.2, 0) is 0 Å². The van der Waals surface area contributed by atoms with Gasteiger partial charge in [-0.25, -0.2) is 0 Å². The quantitative estimate of drug-likeness (QED) is 0.620. The molecule has 1 N–H and O–H groups in total. The molecule has 2 heteroatoms. The lowest BCUT2D eigenvalue weighted by atomic mass is 10.0. The van der Waals surface area contributed by atoms with E-state index in [1.165, 1.54) is 9.13 Å². The Morgan fingerprint density at radius 3 is 2.80 bits per heavy atom. The molecule has 0 spiro atoms. The first-order valence-corrected chi connectivity index (χ1v) is 6.46. The van der Waals surface area contributed by atoms with Crippen molar-refractivity contribution in [1.82, 2.24) is 5.32 Å². The molecule has 0 bridgehead atoms. The molecular weight excluding hydrogens is 297 g/mol. The summed E-state index contributed by atoms with van der Waals surface area (Å²) >= 11 is 2.39. The smallest absolute Gasteiger partial charge is 0.0365 e. The zero-order chi connectivity index (χ0) is 11.1. The summed E-state index contributed by atoms with van der Waals surface area (Å²) in [4.78, 5) is 0. The third kappa shape index (κ3) is 3.95.